The number of hydrogen-bond donors (Lipinski definition) is 2. The summed E-state index contributed by atoms with van der Waals surface area (Å²) in [7, 11) is -3.67. The molecule has 2 rings (SSSR count). The number of benzene rings is 1. The molecule has 0 spiro atoms. The molecule has 2 N–H and O–H groups in total. The summed E-state index contributed by atoms with van der Waals surface area (Å²) in [5, 5.41) is 8.65. The average molecular weight is 311 g/mol. The van der Waals surface area contributed by atoms with E-state index in [4.69, 9.17) is 15.9 Å². The molecule has 1 aliphatic rings. The Morgan fingerprint density at radius 2 is 2.19 bits per heavy atom. The Morgan fingerprint density at radius 1 is 1.43 bits per heavy atom. The van der Waals surface area contributed by atoms with Crippen LogP contribution in [0.3, 0.4) is 0 Å². The number of rotatable bonds is 6. The second-order valence-corrected chi connectivity index (χ2v) is 6.59. The molecular formula is C14H17NO5S. The van der Waals surface area contributed by atoms with Gasteiger partial charge in [-0.2, -0.15) is 0 Å². The van der Waals surface area contributed by atoms with Gasteiger partial charge in [0.2, 0.25) is 10.0 Å². The van der Waals surface area contributed by atoms with Gasteiger partial charge in [-0.1, -0.05) is 24.1 Å². The predicted molar refractivity (Wildman–Crippen MR) is 77.1 cm³/mol. The zero-order valence-corrected chi connectivity index (χ0v) is 12.2. The third kappa shape index (κ3) is 3.95. The molecular weight excluding hydrogens is 294 g/mol. The minimum atomic E-state index is -3.67. The fraction of sp³-hybridized carbons (Fsp3) is 0.429. The Hall–Kier alpha value is -1.59. The Kier molecular flexibility index (Phi) is 5.20. The van der Waals surface area contributed by atoms with Gasteiger partial charge in [0.25, 0.3) is 0 Å². The summed E-state index contributed by atoms with van der Waals surface area (Å²) < 4.78 is 37.0. The van der Waals surface area contributed by atoms with Crippen molar-refractivity contribution < 1.29 is 23.0 Å². The van der Waals surface area contributed by atoms with Crippen molar-refractivity contribution in [3.63, 3.8) is 0 Å². The van der Waals surface area contributed by atoms with Gasteiger partial charge in [-0.15, -0.1) is 6.42 Å². The van der Waals surface area contributed by atoms with Crippen LogP contribution in [0, 0.1) is 12.3 Å². The molecule has 1 aliphatic heterocycles. The van der Waals surface area contributed by atoms with E-state index in [1.807, 2.05) is 0 Å². The van der Waals surface area contributed by atoms with E-state index in [9.17, 15) is 13.5 Å². The van der Waals surface area contributed by atoms with Crippen LogP contribution in [-0.2, 0) is 21.3 Å². The highest BCUT2D eigenvalue weighted by Gasteiger charge is 2.37. The highest BCUT2D eigenvalue weighted by molar-refractivity contribution is 7.90. The molecule has 0 saturated carbocycles. The van der Waals surface area contributed by atoms with Crippen molar-refractivity contribution >= 4 is 10.0 Å². The lowest BCUT2D eigenvalue weighted by Crippen LogP contribution is -2.40. The molecule has 114 valence electrons. The molecule has 6 nitrogen and oxygen atoms in total. The molecule has 0 bridgehead atoms. The Labute approximate surface area is 124 Å². The molecule has 7 heteroatoms. The van der Waals surface area contributed by atoms with Crippen LogP contribution in [0.2, 0.25) is 0 Å². The largest absolute Gasteiger partial charge is 0.481 e. The second kappa shape index (κ2) is 6.91. The van der Waals surface area contributed by atoms with Crippen molar-refractivity contribution in [1.82, 2.24) is 4.72 Å². The first-order valence-corrected chi connectivity index (χ1v) is 7.97. The maximum atomic E-state index is 12.1. The standard InChI is InChI=1S/C14H17NO5S/c1-2-7-20-13-6-4-3-5-11(13)8-15-21(17,18)14-10-19-9-12(14)16/h1,3-6,12,14-16H,7-10H2. The maximum absolute atomic E-state index is 12.1. The zero-order valence-electron chi connectivity index (χ0n) is 11.4. The van der Waals surface area contributed by atoms with Crippen molar-refractivity contribution in [1.29, 1.82) is 0 Å². The van der Waals surface area contributed by atoms with Crippen LogP contribution in [-0.4, -0.2) is 44.7 Å². The first-order valence-electron chi connectivity index (χ1n) is 6.43. The minimum absolute atomic E-state index is 0.00819. The van der Waals surface area contributed by atoms with Gasteiger partial charge in [0.05, 0.1) is 19.3 Å². The van der Waals surface area contributed by atoms with Crippen LogP contribution in [0.5, 0.6) is 5.75 Å². The zero-order chi connectivity index (χ0) is 15.3. The summed E-state index contributed by atoms with van der Waals surface area (Å²) in [5.41, 5.74) is 0.671. The number of ether oxygens (including phenoxy) is 2. The van der Waals surface area contributed by atoms with Gasteiger partial charge in [-0.25, -0.2) is 13.1 Å². The molecule has 1 saturated heterocycles. The van der Waals surface area contributed by atoms with Crippen molar-refractivity contribution in [2.24, 2.45) is 0 Å². The van der Waals surface area contributed by atoms with Crippen LogP contribution >= 0.6 is 0 Å². The van der Waals surface area contributed by atoms with Crippen LogP contribution in [0.25, 0.3) is 0 Å². The van der Waals surface area contributed by atoms with E-state index in [0.717, 1.165) is 0 Å². The molecule has 0 amide bonds. The van der Waals surface area contributed by atoms with Gasteiger partial charge in [0, 0.05) is 12.1 Å². The van der Waals surface area contributed by atoms with E-state index in [2.05, 4.69) is 10.6 Å². The molecule has 1 heterocycles. The summed E-state index contributed by atoms with van der Waals surface area (Å²) in [6.07, 6.45) is 4.14. The maximum Gasteiger partial charge on any atom is 0.219 e. The van der Waals surface area contributed by atoms with Crippen LogP contribution in [0.4, 0.5) is 0 Å². The summed E-state index contributed by atoms with van der Waals surface area (Å²) in [5.74, 6) is 2.88. The van der Waals surface area contributed by atoms with E-state index in [-0.39, 0.29) is 26.4 Å². The lowest BCUT2D eigenvalue weighted by atomic mass is 10.2. The van der Waals surface area contributed by atoms with Crippen molar-refractivity contribution in [2.45, 2.75) is 17.9 Å². The van der Waals surface area contributed by atoms with Crippen molar-refractivity contribution in [3.05, 3.63) is 29.8 Å². The first-order chi connectivity index (χ1) is 10.0. The van der Waals surface area contributed by atoms with Crippen LogP contribution in [0.15, 0.2) is 24.3 Å². The SMILES string of the molecule is C#CCOc1ccccc1CNS(=O)(=O)C1COCC1O. The van der Waals surface area contributed by atoms with E-state index in [1.54, 1.807) is 24.3 Å². The number of aliphatic hydroxyl groups is 1. The van der Waals surface area contributed by atoms with Gasteiger partial charge >= 0.3 is 0 Å². The Morgan fingerprint density at radius 3 is 2.86 bits per heavy atom. The van der Waals surface area contributed by atoms with Crippen LogP contribution < -0.4 is 9.46 Å². The van der Waals surface area contributed by atoms with Gasteiger partial charge in [0.15, 0.2) is 0 Å². The molecule has 0 radical (unpaired) electrons. The van der Waals surface area contributed by atoms with E-state index < -0.39 is 21.4 Å². The highest BCUT2D eigenvalue weighted by atomic mass is 32.2. The van der Waals surface area contributed by atoms with Gasteiger partial charge < -0.3 is 14.6 Å². The third-order valence-electron chi connectivity index (χ3n) is 3.15. The normalized spacial score (nSPS) is 21.9. The Bertz CT molecular complexity index is 622. The lowest BCUT2D eigenvalue weighted by Gasteiger charge is -2.15. The second-order valence-electron chi connectivity index (χ2n) is 4.61. The fourth-order valence-corrected chi connectivity index (χ4v) is 3.35. The monoisotopic (exact) mass is 311 g/mol. The fourth-order valence-electron chi connectivity index (χ4n) is 2.02. The summed E-state index contributed by atoms with van der Waals surface area (Å²) in [6, 6.07) is 7.02. The van der Waals surface area contributed by atoms with Gasteiger partial charge in [-0.05, 0) is 6.07 Å². The molecule has 0 aliphatic carbocycles. The molecule has 1 aromatic carbocycles. The molecule has 1 aromatic rings. The Balaban J connectivity index is 2.04. The quantitative estimate of drug-likeness (QED) is 0.715. The third-order valence-corrected chi connectivity index (χ3v) is 4.94. The highest BCUT2D eigenvalue weighted by Crippen LogP contribution is 2.19. The van der Waals surface area contributed by atoms with E-state index in [1.165, 1.54) is 0 Å². The van der Waals surface area contributed by atoms with Crippen molar-refractivity contribution in [3.8, 4) is 18.1 Å². The molecule has 2 atom stereocenters. The summed E-state index contributed by atoms with van der Waals surface area (Å²) >= 11 is 0. The van der Waals surface area contributed by atoms with E-state index >= 15 is 0 Å². The van der Waals surface area contributed by atoms with Crippen LogP contribution in [0.1, 0.15) is 5.56 Å². The van der Waals surface area contributed by atoms with Gasteiger partial charge in [0.1, 0.15) is 17.6 Å². The molecule has 21 heavy (non-hydrogen) atoms. The van der Waals surface area contributed by atoms with E-state index in [0.29, 0.717) is 11.3 Å². The van der Waals surface area contributed by atoms with Crippen molar-refractivity contribution in [2.75, 3.05) is 19.8 Å². The number of nitrogens with one attached hydrogen (secondary N) is 1. The number of aliphatic hydroxyl groups excluding tert-OH is 1. The van der Waals surface area contributed by atoms with Gasteiger partial charge in [-0.3, -0.25) is 0 Å². The summed E-state index contributed by atoms with van der Waals surface area (Å²) in [4.78, 5) is 0. The molecule has 0 aromatic heterocycles. The average Bonchev–Trinajstić information content (AvgIpc) is 2.91. The number of para-hydroxylation sites is 1. The minimum Gasteiger partial charge on any atom is -0.481 e. The topological polar surface area (TPSA) is 84.9 Å². The summed E-state index contributed by atoms with van der Waals surface area (Å²) in [6.45, 7) is 0.199. The predicted octanol–water partition coefficient (Wildman–Crippen LogP) is -0.122. The number of sulfonamides is 1. The number of hydrogen-bond acceptors (Lipinski definition) is 5. The molecule has 2 unspecified atom stereocenters. The first kappa shape index (κ1) is 15.8. The lowest BCUT2D eigenvalue weighted by molar-refractivity contribution is 0.127. The number of terminal acetylenes is 1. The smallest absolute Gasteiger partial charge is 0.219 e. The molecule has 1 fully saturated rings.